The Bertz CT molecular complexity index is 483. The zero-order chi connectivity index (χ0) is 23.6. The highest BCUT2D eigenvalue weighted by Gasteiger charge is 2.31. The predicted molar refractivity (Wildman–Crippen MR) is 142 cm³/mol. The Morgan fingerprint density at radius 3 is 1.55 bits per heavy atom. The van der Waals surface area contributed by atoms with Gasteiger partial charge in [0.15, 0.2) is 0 Å². The minimum Gasteiger partial charge on any atom is -0.459 e. The second-order valence-corrected chi connectivity index (χ2v) is 11.3. The van der Waals surface area contributed by atoms with Crippen molar-refractivity contribution in [2.24, 2.45) is 17.8 Å². The van der Waals surface area contributed by atoms with E-state index in [0.29, 0.717) is 0 Å². The molecule has 33 heavy (non-hydrogen) atoms. The van der Waals surface area contributed by atoms with E-state index in [1.54, 1.807) is 0 Å². The fraction of sp³-hybridized carbons (Fsp3) is 0.903. The SMILES string of the molecule is C=CC(=O)OC1CCC(C2CCC(CCCCCCCCCCCCCCCC)CC2)CC1. The first-order valence-corrected chi connectivity index (χ1v) is 15.1. The first-order valence-electron chi connectivity index (χ1n) is 15.1. The van der Waals surface area contributed by atoms with E-state index in [0.717, 1.165) is 30.6 Å². The van der Waals surface area contributed by atoms with Crippen molar-refractivity contribution in [3.8, 4) is 0 Å². The third-order valence-corrected chi connectivity index (χ3v) is 8.69. The number of hydrogen-bond acceptors (Lipinski definition) is 2. The second-order valence-electron chi connectivity index (χ2n) is 11.3. The van der Waals surface area contributed by atoms with Crippen LogP contribution in [0, 0.1) is 17.8 Å². The highest BCUT2D eigenvalue weighted by Crippen LogP contribution is 2.41. The van der Waals surface area contributed by atoms with Gasteiger partial charge in [0.25, 0.3) is 0 Å². The third-order valence-electron chi connectivity index (χ3n) is 8.69. The maximum atomic E-state index is 11.4. The van der Waals surface area contributed by atoms with Crippen LogP contribution >= 0.6 is 0 Å². The standard InChI is InChI=1S/C31H56O2/c1-3-5-6-7-8-9-10-11-12-13-14-15-16-17-18-27-19-21-28(22-20-27)29-23-25-30(26-24-29)33-31(32)4-2/h4,27-30H,2-3,5-26H2,1H3. The van der Waals surface area contributed by atoms with E-state index in [1.165, 1.54) is 141 Å². The number of carbonyl (C=O) groups excluding carboxylic acids is 1. The van der Waals surface area contributed by atoms with Gasteiger partial charge in [-0.15, -0.1) is 0 Å². The molecule has 2 heteroatoms. The Kier molecular flexibility index (Phi) is 16.0. The van der Waals surface area contributed by atoms with Crippen LogP contribution in [0.25, 0.3) is 0 Å². The van der Waals surface area contributed by atoms with Crippen LogP contribution in [0.1, 0.15) is 155 Å². The summed E-state index contributed by atoms with van der Waals surface area (Å²) in [6, 6.07) is 0. The van der Waals surface area contributed by atoms with Crippen molar-refractivity contribution >= 4 is 5.97 Å². The second kappa shape index (κ2) is 18.5. The Labute approximate surface area is 206 Å². The summed E-state index contributed by atoms with van der Waals surface area (Å²) < 4.78 is 5.45. The molecule has 2 aliphatic rings. The molecule has 0 aromatic rings. The van der Waals surface area contributed by atoms with Crippen LogP contribution in [0.2, 0.25) is 0 Å². The van der Waals surface area contributed by atoms with Gasteiger partial charge in [-0.2, -0.15) is 0 Å². The summed E-state index contributed by atoms with van der Waals surface area (Å²) >= 11 is 0. The van der Waals surface area contributed by atoms with E-state index in [2.05, 4.69) is 13.5 Å². The zero-order valence-corrected chi connectivity index (χ0v) is 22.2. The van der Waals surface area contributed by atoms with Gasteiger partial charge in [0.1, 0.15) is 6.10 Å². The fourth-order valence-corrected chi connectivity index (χ4v) is 6.47. The van der Waals surface area contributed by atoms with E-state index in [-0.39, 0.29) is 12.1 Å². The molecule has 0 saturated heterocycles. The molecule has 0 radical (unpaired) electrons. The van der Waals surface area contributed by atoms with E-state index in [1.807, 2.05) is 0 Å². The van der Waals surface area contributed by atoms with E-state index in [4.69, 9.17) is 4.74 Å². The third kappa shape index (κ3) is 13.0. The lowest BCUT2D eigenvalue weighted by Gasteiger charge is -2.37. The molecule has 0 bridgehead atoms. The van der Waals surface area contributed by atoms with Gasteiger partial charge >= 0.3 is 5.97 Å². The minimum atomic E-state index is -0.248. The van der Waals surface area contributed by atoms with Crippen LogP contribution in [0.4, 0.5) is 0 Å². The lowest BCUT2D eigenvalue weighted by Crippen LogP contribution is -2.29. The summed E-state index contributed by atoms with van der Waals surface area (Å²) in [6.07, 6.45) is 33.8. The van der Waals surface area contributed by atoms with Crippen molar-refractivity contribution < 1.29 is 9.53 Å². The monoisotopic (exact) mass is 460 g/mol. The van der Waals surface area contributed by atoms with Gasteiger partial charge in [0, 0.05) is 6.08 Å². The number of carbonyl (C=O) groups is 1. The molecule has 0 N–H and O–H groups in total. The van der Waals surface area contributed by atoms with Crippen molar-refractivity contribution in [1.29, 1.82) is 0 Å². The average molecular weight is 461 g/mol. The smallest absolute Gasteiger partial charge is 0.330 e. The first kappa shape index (κ1) is 28.4. The summed E-state index contributed by atoms with van der Waals surface area (Å²) in [5, 5.41) is 0. The largest absolute Gasteiger partial charge is 0.459 e. The summed E-state index contributed by atoms with van der Waals surface area (Å²) in [5.41, 5.74) is 0. The molecule has 0 spiro atoms. The van der Waals surface area contributed by atoms with E-state index < -0.39 is 0 Å². The Hall–Kier alpha value is -0.790. The van der Waals surface area contributed by atoms with Gasteiger partial charge in [-0.1, -0.05) is 123 Å². The van der Waals surface area contributed by atoms with Crippen molar-refractivity contribution in [3.63, 3.8) is 0 Å². The van der Waals surface area contributed by atoms with Crippen LogP contribution in [0.3, 0.4) is 0 Å². The van der Waals surface area contributed by atoms with Crippen LogP contribution in [0.15, 0.2) is 12.7 Å². The van der Waals surface area contributed by atoms with Gasteiger partial charge < -0.3 is 4.74 Å². The maximum Gasteiger partial charge on any atom is 0.330 e. The van der Waals surface area contributed by atoms with E-state index in [9.17, 15) is 4.79 Å². The molecule has 0 unspecified atom stereocenters. The highest BCUT2D eigenvalue weighted by molar-refractivity contribution is 5.81. The molecule has 2 nitrogen and oxygen atoms in total. The van der Waals surface area contributed by atoms with Crippen LogP contribution < -0.4 is 0 Å². The van der Waals surface area contributed by atoms with Crippen LogP contribution in [-0.4, -0.2) is 12.1 Å². The molecule has 0 aromatic carbocycles. The van der Waals surface area contributed by atoms with Gasteiger partial charge in [-0.25, -0.2) is 4.79 Å². The van der Waals surface area contributed by atoms with Crippen molar-refractivity contribution in [2.45, 2.75) is 161 Å². The molecule has 2 aliphatic carbocycles. The number of hydrogen-bond donors (Lipinski definition) is 0. The topological polar surface area (TPSA) is 26.3 Å². The predicted octanol–water partition coefficient (Wildman–Crippen LogP) is 9.95. The number of ether oxygens (including phenoxy) is 1. The van der Waals surface area contributed by atoms with Gasteiger partial charge in [0.2, 0.25) is 0 Å². The molecule has 192 valence electrons. The number of unbranched alkanes of at least 4 members (excludes halogenated alkanes) is 13. The van der Waals surface area contributed by atoms with Crippen LogP contribution in [-0.2, 0) is 9.53 Å². The molecular weight excluding hydrogens is 404 g/mol. The molecule has 0 atom stereocenters. The average Bonchev–Trinajstić information content (AvgIpc) is 2.85. The van der Waals surface area contributed by atoms with Crippen molar-refractivity contribution in [1.82, 2.24) is 0 Å². The first-order chi connectivity index (χ1) is 16.2. The summed E-state index contributed by atoms with van der Waals surface area (Å²) in [4.78, 5) is 11.4. The molecule has 2 rings (SSSR count). The summed E-state index contributed by atoms with van der Waals surface area (Å²) in [6.45, 7) is 5.81. The highest BCUT2D eigenvalue weighted by atomic mass is 16.5. The lowest BCUT2D eigenvalue weighted by atomic mass is 9.70. The fourth-order valence-electron chi connectivity index (χ4n) is 6.47. The van der Waals surface area contributed by atoms with E-state index >= 15 is 0 Å². The Morgan fingerprint density at radius 1 is 0.667 bits per heavy atom. The van der Waals surface area contributed by atoms with Crippen molar-refractivity contribution in [2.75, 3.05) is 0 Å². The Morgan fingerprint density at radius 2 is 1.09 bits per heavy atom. The van der Waals surface area contributed by atoms with Gasteiger partial charge in [-0.05, 0) is 56.3 Å². The minimum absolute atomic E-state index is 0.142. The normalized spacial score (nSPS) is 25.6. The molecule has 2 fully saturated rings. The Balaban J connectivity index is 1.36. The van der Waals surface area contributed by atoms with Gasteiger partial charge in [0.05, 0.1) is 0 Å². The molecule has 0 heterocycles. The van der Waals surface area contributed by atoms with Crippen molar-refractivity contribution in [3.05, 3.63) is 12.7 Å². The molecule has 0 amide bonds. The van der Waals surface area contributed by atoms with Gasteiger partial charge in [-0.3, -0.25) is 0 Å². The van der Waals surface area contributed by atoms with Crippen LogP contribution in [0.5, 0.6) is 0 Å². The zero-order valence-electron chi connectivity index (χ0n) is 22.2. The molecular formula is C31H56O2. The molecule has 0 aliphatic heterocycles. The number of esters is 1. The summed E-state index contributed by atoms with van der Waals surface area (Å²) in [5.74, 6) is 2.57. The summed E-state index contributed by atoms with van der Waals surface area (Å²) in [7, 11) is 0. The molecule has 2 saturated carbocycles. The quantitative estimate of drug-likeness (QED) is 0.115. The maximum absolute atomic E-state index is 11.4. The number of rotatable bonds is 18. The lowest BCUT2D eigenvalue weighted by molar-refractivity contribution is -0.145. The molecule has 0 aromatic heterocycles.